The molecule has 1 aromatic carbocycles. The molecule has 1 saturated heterocycles. The number of pyridine rings is 1. The monoisotopic (exact) mass is 370 g/mol. The molecule has 6 nitrogen and oxygen atoms in total. The Morgan fingerprint density at radius 2 is 1.96 bits per heavy atom. The molecule has 0 amide bonds. The van der Waals surface area contributed by atoms with Crippen LogP contribution in [-0.2, 0) is 6.42 Å². The van der Waals surface area contributed by atoms with Crippen LogP contribution in [0.1, 0.15) is 36.0 Å². The Morgan fingerprint density at radius 3 is 2.71 bits per heavy atom. The molecule has 1 aliphatic rings. The zero-order chi connectivity index (χ0) is 18.9. The summed E-state index contributed by atoms with van der Waals surface area (Å²) in [6.07, 6.45) is 8.58. The minimum atomic E-state index is 0.256. The molecule has 0 aliphatic carbocycles. The van der Waals surface area contributed by atoms with Gasteiger partial charge in [0.15, 0.2) is 0 Å². The first-order chi connectivity index (χ1) is 13.8. The predicted molar refractivity (Wildman–Crippen MR) is 110 cm³/mol. The quantitative estimate of drug-likeness (QED) is 0.575. The minimum Gasteiger partial charge on any atom is -0.382 e. The summed E-state index contributed by atoms with van der Waals surface area (Å²) in [5.41, 5.74) is 11.3. The van der Waals surface area contributed by atoms with Crippen molar-refractivity contribution in [1.82, 2.24) is 24.7 Å². The molecule has 0 spiro atoms. The Balaban J connectivity index is 1.53. The van der Waals surface area contributed by atoms with Crippen molar-refractivity contribution < 1.29 is 0 Å². The van der Waals surface area contributed by atoms with Crippen LogP contribution in [0.3, 0.4) is 0 Å². The normalized spacial score (nSPS) is 16.6. The van der Waals surface area contributed by atoms with E-state index in [-0.39, 0.29) is 6.04 Å². The smallest absolute Gasteiger partial charge is 0.150 e. The van der Waals surface area contributed by atoms with E-state index in [1.807, 2.05) is 30.6 Å². The summed E-state index contributed by atoms with van der Waals surface area (Å²) in [6.45, 7) is 1.03. The number of benzene rings is 1. The van der Waals surface area contributed by atoms with Gasteiger partial charge in [0.25, 0.3) is 0 Å². The summed E-state index contributed by atoms with van der Waals surface area (Å²) >= 11 is 0. The van der Waals surface area contributed by atoms with Gasteiger partial charge in [0.1, 0.15) is 22.9 Å². The molecule has 0 bridgehead atoms. The average Bonchev–Trinajstić information content (AvgIpc) is 3.38. The van der Waals surface area contributed by atoms with Crippen LogP contribution < -0.4 is 11.1 Å². The Kier molecular flexibility index (Phi) is 4.25. The molecular weight excluding hydrogens is 348 g/mol. The van der Waals surface area contributed by atoms with Crippen molar-refractivity contribution in [3.8, 4) is 11.3 Å². The second-order valence-corrected chi connectivity index (χ2v) is 7.19. The maximum atomic E-state index is 6.24. The molecular formula is C22H22N6. The third kappa shape index (κ3) is 3.01. The summed E-state index contributed by atoms with van der Waals surface area (Å²) in [6, 6.07) is 14.7. The van der Waals surface area contributed by atoms with Crippen molar-refractivity contribution in [1.29, 1.82) is 0 Å². The molecule has 1 fully saturated rings. The predicted octanol–water partition coefficient (Wildman–Crippen LogP) is 3.39. The molecule has 0 saturated carbocycles. The Hall–Kier alpha value is -3.25. The number of rotatable bonds is 4. The Labute approximate surface area is 163 Å². The van der Waals surface area contributed by atoms with Gasteiger partial charge < -0.3 is 11.1 Å². The standard InChI is InChI=1S/C22H22N6/c23-21-20-19(27-22(18-5-3-11-25-18)28(20)13-12-26-21)16-8-6-15(7-9-16)14-17-4-1-2-10-24-17/h1-2,4,6-10,12-13,18,25H,3,5,11,14H2,(H2,23,26)/t18-/m0/s1. The summed E-state index contributed by atoms with van der Waals surface area (Å²) in [5.74, 6) is 1.51. The molecule has 1 atom stereocenters. The van der Waals surface area contributed by atoms with E-state index in [9.17, 15) is 0 Å². The summed E-state index contributed by atoms with van der Waals surface area (Å²) in [5, 5.41) is 3.53. The topological polar surface area (TPSA) is 81.1 Å². The molecule has 4 heterocycles. The molecule has 5 rings (SSSR count). The second-order valence-electron chi connectivity index (χ2n) is 7.19. The molecule has 3 aromatic heterocycles. The van der Waals surface area contributed by atoms with Crippen LogP contribution in [0, 0.1) is 0 Å². The van der Waals surface area contributed by atoms with Gasteiger partial charge in [0, 0.05) is 36.3 Å². The highest BCUT2D eigenvalue weighted by Gasteiger charge is 2.24. The van der Waals surface area contributed by atoms with E-state index in [1.54, 1.807) is 6.20 Å². The molecule has 6 heteroatoms. The Bertz CT molecular complexity index is 1100. The highest BCUT2D eigenvalue weighted by Crippen LogP contribution is 2.32. The van der Waals surface area contributed by atoms with Crippen LogP contribution >= 0.6 is 0 Å². The van der Waals surface area contributed by atoms with Crippen molar-refractivity contribution in [3.05, 3.63) is 78.1 Å². The van der Waals surface area contributed by atoms with Gasteiger partial charge in [-0.1, -0.05) is 30.3 Å². The van der Waals surface area contributed by atoms with Crippen LogP contribution in [0.2, 0.25) is 0 Å². The van der Waals surface area contributed by atoms with E-state index in [0.717, 1.165) is 54.1 Å². The van der Waals surface area contributed by atoms with Crippen molar-refractivity contribution in [3.63, 3.8) is 0 Å². The maximum absolute atomic E-state index is 6.24. The Morgan fingerprint density at radius 1 is 1.07 bits per heavy atom. The van der Waals surface area contributed by atoms with Crippen molar-refractivity contribution >= 4 is 11.3 Å². The minimum absolute atomic E-state index is 0.256. The van der Waals surface area contributed by atoms with Crippen LogP contribution in [0.25, 0.3) is 16.8 Å². The largest absolute Gasteiger partial charge is 0.382 e. The molecule has 0 unspecified atom stereocenters. The highest BCUT2D eigenvalue weighted by atomic mass is 15.1. The highest BCUT2D eigenvalue weighted by molar-refractivity contribution is 5.85. The maximum Gasteiger partial charge on any atom is 0.150 e. The zero-order valence-electron chi connectivity index (χ0n) is 15.5. The second kappa shape index (κ2) is 7.05. The van der Waals surface area contributed by atoms with E-state index in [4.69, 9.17) is 10.7 Å². The van der Waals surface area contributed by atoms with Crippen LogP contribution in [-0.4, -0.2) is 25.9 Å². The van der Waals surface area contributed by atoms with Gasteiger partial charge in [0.2, 0.25) is 0 Å². The molecule has 0 radical (unpaired) electrons. The summed E-state index contributed by atoms with van der Waals surface area (Å²) in [4.78, 5) is 13.7. The number of nitrogen functional groups attached to an aromatic ring is 1. The van der Waals surface area contributed by atoms with Gasteiger partial charge in [-0.05, 0) is 37.1 Å². The zero-order valence-corrected chi connectivity index (χ0v) is 15.5. The first kappa shape index (κ1) is 16.9. The lowest BCUT2D eigenvalue weighted by molar-refractivity contribution is 0.603. The van der Waals surface area contributed by atoms with Gasteiger partial charge >= 0.3 is 0 Å². The van der Waals surface area contributed by atoms with Crippen molar-refractivity contribution in [2.75, 3.05) is 12.3 Å². The average molecular weight is 370 g/mol. The van der Waals surface area contributed by atoms with E-state index in [2.05, 4.69) is 44.0 Å². The fraction of sp³-hybridized carbons (Fsp3) is 0.227. The van der Waals surface area contributed by atoms with Crippen molar-refractivity contribution in [2.45, 2.75) is 25.3 Å². The number of nitrogens with zero attached hydrogens (tertiary/aromatic N) is 4. The van der Waals surface area contributed by atoms with Gasteiger partial charge in [0.05, 0.1) is 6.04 Å². The first-order valence-corrected chi connectivity index (χ1v) is 9.64. The lowest BCUT2D eigenvalue weighted by Crippen LogP contribution is -2.15. The third-order valence-corrected chi connectivity index (χ3v) is 5.32. The molecule has 140 valence electrons. The van der Waals surface area contributed by atoms with Gasteiger partial charge in [-0.15, -0.1) is 0 Å². The van der Waals surface area contributed by atoms with Gasteiger partial charge in [-0.3, -0.25) is 9.38 Å². The fourth-order valence-corrected chi connectivity index (χ4v) is 3.93. The number of imidazole rings is 1. The number of hydrogen-bond donors (Lipinski definition) is 2. The fourth-order valence-electron chi connectivity index (χ4n) is 3.93. The molecule has 4 aromatic rings. The number of nitrogens with one attached hydrogen (secondary N) is 1. The van der Waals surface area contributed by atoms with E-state index >= 15 is 0 Å². The number of hydrogen-bond acceptors (Lipinski definition) is 5. The van der Waals surface area contributed by atoms with Crippen molar-refractivity contribution in [2.24, 2.45) is 0 Å². The SMILES string of the molecule is Nc1nccn2c([C@@H]3CCCN3)nc(-c3ccc(Cc4ccccn4)cc3)c12. The molecule has 3 N–H and O–H groups in total. The van der Waals surface area contributed by atoms with E-state index < -0.39 is 0 Å². The lowest BCUT2D eigenvalue weighted by Gasteiger charge is -2.08. The number of nitrogens with two attached hydrogens (primary N) is 1. The van der Waals surface area contributed by atoms with E-state index in [0.29, 0.717) is 5.82 Å². The number of fused-ring (bicyclic) bond motifs is 1. The van der Waals surface area contributed by atoms with E-state index in [1.165, 1.54) is 5.56 Å². The summed E-state index contributed by atoms with van der Waals surface area (Å²) < 4.78 is 2.09. The molecule has 1 aliphatic heterocycles. The number of anilines is 1. The van der Waals surface area contributed by atoms with Gasteiger partial charge in [-0.2, -0.15) is 0 Å². The third-order valence-electron chi connectivity index (χ3n) is 5.32. The molecule has 28 heavy (non-hydrogen) atoms. The van der Waals surface area contributed by atoms with Crippen LogP contribution in [0.4, 0.5) is 5.82 Å². The van der Waals surface area contributed by atoms with Crippen LogP contribution in [0.15, 0.2) is 61.1 Å². The van der Waals surface area contributed by atoms with Crippen LogP contribution in [0.5, 0.6) is 0 Å². The lowest BCUT2D eigenvalue weighted by atomic mass is 10.0. The summed E-state index contributed by atoms with van der Waals surface area (Å²) in [7, 11) is 0. The van der Waals surface area contributed by atoms with Gasteiger partial charge in [-0.25, -0.2) is 9.97 Å². The number of aromatic nitrogens is 4. The first-order valence-electron chi connectivity index (χ1n) is 9.64.